The van der Waals surface area contributed by atoms with Crippen molar-refractivity contribution in [3.8, 4) is 5.75 Å². The molecule has 3 heterocycles. The van der Waals surface area contributed by atoms with E-state index in [1.165, 1.54) is 22.2 Å². The zero-order valence-electron chi connectivity index (χ0n) is 15.9. The van der Waals surface area contributed by atoms with Crippen LogP contribution in [0, 0.1) is 5.92 Å². The number of carbonyl (C=O) groups is 1. The van der Waals surface area contributed by atoms with Gasteiger partial charge in [0.25, 0.3) is 0 Å². The molecule has 5 heteroatoms. The number of benzene rings is 1. The van der Waals surface area contributed by atoms with Gasteiger partial charge in [0.2, 0.25) is 5.91 Å². The van der Waals surface area contributed by atoms with Crippen LogP contribution in [-0.2, 0) is 16.8 Å². The summed E-state index contributed by atoms with van der Waals surface area (Å²) in [6.45, 7) is 2.65. The fourth-order valence-corrected chi connectivity index (χ4v) is 5.15. The summed E-state index contributed by atoms with van der Waals surface area (Å²) in [5, 5.41) is 5.07. The summed E-state index contributed by atoms with van der Waals surface area (Å²) < 4.78 is 5.43. The lowest BCUT2D eigenvalue weighted by molar-refractivity contribution is -0.137. The number of likely N-dealkylation sites (tertiary alicyclic amines) is 1. The normalized spacial score (nSPS) is 21.7. The molecule has 0 radical (unpaired) electrons. The number of aromatic amines is 1. The Balaban J connectivity index is 1.41. The molecule has 1 amide bonds. The third kappa shape index (κ3) is 2.67. The average molecular weight is 365 g/mol. The number of amides is 1. The molecule has 3 aliphatic rings. The van der Waals surface area contributed by atoms with Crippen LogP contribution in [0.25, 0.3) is 10.9 Å². The summed E-state index contributed by atoms with van der Waals surface area (Å²) in [5.74, 6) is 1.42. The molecule has 1 aliphatic carbocycles. The van der Waals surface area contributed by atoms with Gasteiger partial charge in [0.15, 0.2) is 0 Å². The molecule has 0 saturated carbocycles. The van der Waals surface area contributed by atoms with E-state index < -0.39 is 0 Å². The van der Waals surface area contributed by atoms with Gasteiger partial charge in [-0.15, -0.1) is 0 Å². The highest BCUT2D eigenvalue weighted by molar-refractivity contribution is 5.87. The second-order valence-corrected chi connectivity index (χ2v) is 8.11. The number of allylic oxidation sites excluding steroid dienone is 2. The van der Waals surface area contributed by atoms with Crippen LogP contribution >= 0.6 is 0 Å². The monoisotopic (exact) mass is 365 g/mol. The number of carbonyl (C=O) groups excluding carboxylic acids is 1. The van der Waals surface area contributed by atoms with Crippen LogP contribution in [0.15, 0.2) is 30.4 Å². The number of H-pyrrole nitrogens is 1. The number of fused-ring (bicyclic) bond motifs is 4. The van der Waals surface area contributed by atoms with E-state index in [-0.39, 0.29) is 11.5 Å². The molecular weight excluding hydrogens is 338 g/mol. The molecule has 1 aromatic carbocycles. The molecular formula is C22H27N3O2. The molecule has 5 rings (SSSR count). The minimum Gasteiger partial charge on any atom is -0.497 e. The van der Waals surface area contributed by atoms with Crippen LogP contribution in [0.4, 0.5) is 0 Å². The van der Waals surface area contributed by atoms with Gasteiger partial charge in [-0.2, -0.15) is 0 Å². The van der Waals surface area contributed by atoms with Crippen LogP contribution in [-0.4, -0.2) is 42.5 Å². The number of rotatable bonds is 2. The summed E-state index contributed by atoms with van der Waals surface area (Å²) >= 11 is 0. The van der Waals surface area contributed by atoms with E-state index in [1.807, 2.05) is 6.07 Å². The highest BCUT2D eigenvalue weighted by Gasteiger charge is 2.42. The van der Waals surface area contributed by atoms with Gasteiger partial charge in [-0.3, -0.25) is 4.79 Å². The van der Waals surface area contributed by atoms with E-state index in [9.17, 15) is 4.79 Å². The molecule has 27 heavy (non-hydrogen) atoms. The molecule has 0 bridgehead atoms. The summed E-state index contributed by atoms with van der Waals surface area (Å²) in [6.07, 6.45) is 9.06. The molecule has 1 fully saturated rings. The molecule has 2 N–H and O–H groups in total. The van der Waals surface area contributed by atoms with Crippen LogP contribution in [0.1, 0.15) is 36.9 Å². The largest absolute Gasteiger partial charge is 0.497 e. The van der Waals surface area contributed by atoms with Crippen molar-refractivity contribution in [3.05, 3.63) is 41.6 Å². The second-order valence-electron chi connectivity index (χ2n) is 8.11. The Kier molecular flexibility index (Phi) is 4.01. The molecule has 1 spiro atoms. The first-order valence-electron chi connectivity index (χ1n) is 10.1. The van der Waals surface area contributed by atoms with Crippen LogP contribution in [0.3, 0.4) is 0 Å². The lowest BCUT2D eigenvalue weighted by Gasteiger charge is -2.45. The topological polar surface area (TPSA) is 57.4 Å². The summed E-state index contributed by atoms with van der Waals surface area (Å²) in [6, 6.07) is 6.28. The van der Waals surface area contributed by atoms with Crippen molar-refractivity contribution in [2.75, 3.05) is 26.7 Å². The van der Waals surface area contributed by atoms with Gasteiger partial charge in [-0.05, 0) is 55.9 Å². The predicted octanol–water partition coefficient (Wildman–Crippen LogP) is 3.11. The standard InChI is InChI=1S/C22H27N3O2/c1-27-16-6-7-19-18(14-16)17-8-11-23-22(20(17)24-19)9-12-25(13-10-22)21(26)15-4-2-3-5-15/h2-3,6-7,14-15,23-24H,4-5,8-13H2,1H3. The van der Waals surface area contributed by atoms with Gasteiger partial charge in [-0.25, -0.2) is 0 Å². The number of aromatic nitrogens is 1. The quantitative estimate of drug-likeness (QED) is 0.804. The number of piperidine rings is 1. The van der Waals surface area contributed by atoms with E-state index in [1.54, 1.807) is 7.11 Å². The number of methoxy groups -OCH3 is 1. The van der Waals surface area contributed by atoms with Gasteiger partial charge < -0.3 is 19.9 Å². The number of nitrogens with zero attached hydrogens (tertiary/aromatic N) is 1. The third-order valence-electron chi connectivity index (χ3n) is 6.72. The Morgan fingerprint density at radius 1 is 1.22 bits per heavy atom. The van der Waals surface area contributed by atoms with Crippen LogP contribution < -0.4 is 10.1 Å². The highest BCUT2D eigenvalue weighted by atomic mass is 16.5. The summed E-state index contributed by atoms with van der Waals surface area (Å²) in [4.78, 5) is 18.6. The Morgan fingerprint density at radius 3 is 2.74 bits per heavy atom. The fraction of sp³-hybridized carbons (Fsp3) is 0.500. The Bertz CT molecular complexity index is 898. The number of hydrogen-bond donors (Lipinski definition) is 2. The minimum atomic E-state index is -0.0372. The van der Waals surface area contributed by atoms with Crippen molar-refractivity contribution in [2.45, 2.75) is 37.6 Å². The van der Waals surface area contributed by atoms with Gasteiger partial charge in [0.1, 0.15) is 5.75 Å². The van der Waals surface area contributed by atoms with Crippen molar-refractivity contribution < 1.29 is 9.53 Å². The van der Waals surface area contributed by atoms with E-state index in [0.29, 0.717) is 5.91 Å². The van der Waals surface area contributed by atoms with Crippen molar-refractivity contribution in [1.82, 2.24) is 15.2 Å². The average Bonchev–Trinajstić information content (AvgIpc) is 3.37. The third-order valence-corrected chi connectivity index (χ3v) is 6.72. The molecule has 2 aliphatic heterocycles. The Morgan fingerprint density at radius 2 is 2.00 bits per heavy atom. The first kappa shape index (κ1) is 16.9. The lowest BCUT2D eigenvalue weighted by atomic mass is 9.79. The molecule has 1 saturated heterocycles. The fourth-order valence-electron chi connectivity index (χ4n) is 5.15. The zero-order chi connectivity index (χ0) is 18.4. The maximum Gasteiger partial charge on any atom is 0.226 e. The van der Waals surface area contributed by atoms with Crippen molar-refractivity contribution in [3.63, 3.8) is 0 Å². The Labute approximate surface area is 159 Å². The maximum atomic E-state index is 12.8. The van der Waals surface area contributed by atoms with Crippen molar-refractivity contribution in [2.24, 2.45) is 5.92 Å². The minimum absolute atomic E-state index is 0.0372. The SMILES string of the molecule is COc1ccc2[nH]c3c(c2c1)CCNC31CCN(C(=O)C2CC=CC2)CC1. The zero-order valence-corrected chi connectivity index (χ0v) is 15.9. The molecule has 0 unspecified atom stereocenters. The van der Waals surface area contributed by atoms with E-state index in [4.69, 9.17) is 4.74 Å². The first-order valence-corrected chi connectivity index (χ1v) is 10.1. The second kappa shape index (κ2) is 6.41. The predicted molar refractivity (Wildman–Crippen MR) is 106 cm³/mol. The molecule has 2 aromatic rings. The smallest absolute Gasteiger partial charge is 0.226 e. The summed E-state index contributed by atoms with van der Waals surface area (Å²) in [7, 11) is 1.72. The van der Waals surface area contributed by atoms with Crippen molar-refractivity contribution in [1.29, 1.82) is 0 Å². The summed E-state index contributed by atoms with van der Waals surface area (Å²) in [5.41, 5.74) is 3.89. The van der Waals surface area contributed by atoms with Gasteiger partial charge in [0.05, 0.1) is 12.6 Å². The van der Waals surface area contributed by atoms with Crippen LogP contribution in [0.5, 0.6) is 5.75 Å². The number of ether oxygens (including phenoxy) is 1. The highest BCUT2D eigenvalue weighted by Crippen LogP contribution is 2.41. The Hall–Kier alpha value is -2.27. The molecule has 5 nitrogen and oxygen atoms in total. The van der Waals surface area contributed by atoms with E-state index in [0.717, 1.165) is 57.5 Å². The molecule has 142 valence electrons. The first-order chi connectivity index (χ1) is 13.2. The van der Waals surface area contributed by atoms with Gasteiger partial charge >= 0.3 is 0 Å². The molecule has 1 aromatic heterocycles. The van der Waals surface area contributed by atoms with E-state index >= 15 is 0 Å². The number of hydrogen-bond acceptors (Lipinski definition) is 3. The maximum absolute atomic E-state index is 12.8. The number of nitrogens with one attached hydrogen (secondary N) is 2. The molecule has 0 atom stereocenters. The lowest BCUT2D eigenvalue weighted by Crippen LogP contribution is -2.55. The van der Waals surface area contributed by atoms with Gasteiger partial charge in [-0.1, -0.05) is 12.2 Å². The van der Waals surface area contributed by atoms with Crippen LogP contribution in [0.2, 0.25) is 0 Å². The van der Waals surface area contributed by atoms with Gasteiger partial charge in [0, 0.05) is 42.1 Å². The van der Waals surface area contributed by atoms with E-state index in [2.05, 4.69) is 39.5 Å². The van der Waals surface area contributed by atoms with Crippen molar-refractivity contribution >= 4 is 16.8 Å².